The molecule has 1 atom stereocenters. The first-order valence-corrected chi connectivity index (χ1v) is 7.90. The summed E-state index contributed by atoms with van der Waals surface area (Å²) in [6.07, 6.45) is 1.95. The van der Waals surface area contributed by atoms with Crippen LogP contribution in [0.1, 0.15) is 23.1 Å². The number of carboxylic acids is 2. The maximum absolute atomic E-state index is 9.10. The number of aliphatic imine (C=N–C) groups is 1. The smallest absolute Gasteiger partial charge is 0.414 e. The minimum atomic E-state index is -1.82. The summed E-state index contributed by atoms with van der Waals surface area (Å²) in [5.41, 5.74) is 10.6. The van der Waals surface area contributed by atoms with Crippen LogP contribution in [-0.4, -0.2) is 45.9 Å². The number of aliphatic carboxylic acids is 2. The van der Waals surface area contributed by atoms with Crippen molar-refractivity contribution in [2.75, 3.05) is 6.54 Å². The summed E-state index contributed by atoms with van der Waals surface area (Å²) in [6.45, 7) is 0.693. The first kappa shape index (κ1) is 21.0. The predicted octanol–water partition coefficient (Wildman–Crippen LogP) is 1.13. The van der Waals surface area contributed by atoms with E-state index in [-0.39, 0.29) is 5.48 Å². The van der Waals surface area contributed by atoms with Gasteiger partial charge in [-0.1, -0.05) is 54.6 Å². The summed E-state index contributed by atoms with van der Waals surface area (Å²) in [5, 5.41) is 14.8. The molecule has 26 heavy (non-hydrogen) atoms. The first-order valence-electron chi connectivity index (χ1n) is 7.90. The van der Waals surface area contributed by atoms with Crippen molar-refractivity contribution in [1.29, 1.82) is 0 Å². The Bertz CT molecular complexity index is 763. The molecular formula is C19H22N2O5. The molecule has 1 unspecified atom stereocenters. The summed E-state index contributed by atoms with van der Waals surface area (Å²) in [4.78, 5) is 23.1. The number of fused-ring (bicyclic) bond motifs is 1. The normalized spacial score (nSPS) is 14.7. The Morgan fingerprint density at radius 1 is 1.00 bits per heavy atom. The third-order valence-electron chi connectivity index (χ3n) is 3.77. The zero-order chi connectivity index (χ0) is 18.2. The van der Waals surface area contributed by atoms with Crippen LogP contribution < -0.4 is 5.73 Å². The van der Waals surface area contributed by atoms with E-state index in [1.54, 1.807) is 0 Å². The largest absolute Gasteiger partial charge is 0.473 e. The van der Waals surface area contributed by atoms with Gasteiger partial charge in [0.1, 0.15) is 0 Å². The van der Waals surface area contributed by atoms with Crippen molar-refractivity contribution >= 4 is 17.7 Å². The molecule has 7 heteroatoms. The fraction of sp³-hybridized carbons (Fsp3) is 0.211. The maximum atomic E-state index is 9.10. The van der Waals surface area contributed by atoms with Crippen LogP contribution >= 0.6 is 0 Å². The van der Waals surface area contributed by atoms with Gasteiger partial charge in [-0.15, -0.1) is 0 Å². The van der Waals surface area contributed by atoms with Crippen molar-refractivity contribution in [2.45, 2.75) is 18.9 Å². The van der Waals surface area contributed by atoms with Gasteiger partial charge in [0.15, 0.2) is 0 Å². The lowest BCUT2D eigenvalue weighted by molar-refractivity contribution is -0.159. The van der Waals surface area contributed by atoms with E-state index in [2.05, 4.69) is 48.5 Å². The van der Waals surface area contributed by atoms with Crippen molar-refractivity contribution in [2.24, 2.45) is 10.7 Å². The summed E-state index contributed by atoms with van der Waals surface area (Å²) in [6, 6.07) is 19.3. The molecule has 138 valence electrons. The second kappa shape index (κ2) is 10.1. The van der Waals surface area contributed by atoms with Gasteiger partial charge >= 0.3 is 11.9 Å². The van der Waals surface area contributed by atoms with Crippen LogP contribution in [0.15, 0.2) is 59.6 Å². The Hall–Kier alpha value is -3.03. The number of benzene rings is 2. The molecule has 0 bridgehead atoms. The highest BCUT2D eigenvalue weighted by Crippen LogP contribution is 2.24. The van der Waals surface area contributed by atoms with Crippen LogP contribution in [0.2, 0.25) is 0 Å². The molecule has 0 saturated carbocycles. The van der Waals surface area contributed by atoms with E-state index in [1.807, 2.05) is 6.07 Å². The Labute approximate surface area is 151 Å². The van der Waals surface area contributed by atoms with E-state index >= 15 is 0 Å². The molecule has 0 spiro atoms. The maximum Gasteiger partial charge on any atom is 0.414 e. The number of rotatable bonds is 3. The molecule has 2 aromatic carbocycles. The van der Waals surface area contributed by atoms with Crippen LogP contribution in [0.5, 0.6) is 0 Å². The first-order chi connectivity index (χ1) is 12.0. The highest BCUT2D eigenvalue weighted by atomic mass is 16.4. The molecule has 3 rings (SSSR count). The Balaban J connectivity index is 0.000000422. The predicted molar refractivity (Wildman–Crippen MR) is 98.6 cm³/mol. The average molecular weight is 358 g/mol. The molecule has 0 aliphatic carbocycles. The third kappa shape index (κ3) is 5.51. The zero-order valence-electron chi connectivity index (χ0n) is 14.1. The molecule has 1 heterocycles. The minimum Gasteiger partial charge on any atom is -0.473 e. The van der Waals surface area contributed by atoms with E-state index in [0.717, 1.165) is 18.6 Å². The summed E-state index contributed by atoms with van der Waals surface area (Å²) in [5.74, 6) is -3.65. The molecule has 0 aromatic heterocycles. The van der Waals surface area contributed by atoms with E-state index in [1.165, 1.54) is 16.7 Å². The number of carbonyl (C=O) groups is 2. The van der Waals surface area contributed by atoms with E-state index in [9.17, 15) is 0 Å². The van der Waals surface area contributed by atoms with E-state index in [4.69, 9.17) is 30.5 Å². The zero-order valence-corrected chi connectivity index (χ0v) is 14.1. The van der Waals surface area contributed by atoms with Gasteiger partial charge in [0, 0.05) is 11.1 Å². The number of hydrogen-bond acceptors (Lipinski definition) is 4. The van der Waals surface area contributed by atoms with E-state index in [0.29, 0.717) is 12.6 Å². The second-order valence-electron chi connectivity index (χ2n) is 5.55. The van der Waals surface area contributed by atoms with Gasteiger partial charge in [0.2, 0.25) is 0 Å². The number of nitrogens with zero attached hydrogens (tertiary/aromatic N) is 1. The number of hydrogen-bond donors (Lipinski definition) is 3. The van der Waals surface area contributed by atoms with Crippen LogP contribution in [0.4, 0.5) is 0 Å². The van der Waals surface area contributed by atoms with Crippen LogP contribution in [0, 0.1) is 0 Å². The number of carboxylic acid groups (broad SMARTS) is 2. The fourth-order valence-electron chi connectivity index (χ4n) is 2.67. The van der Waals surface area contributed by atoms with Gasteiger partial charge < -0.3 is 21.4 Å². The van der Waals surface area contributed by atoms with Crippen LogP contribution in [0.25, 0.3) is 0 Å². The van der Waals surface area contributed by atoms with Gasteiger partial charge in [0.05, 0.1) is 11.8 Å². The lowest BCUT2D eigenvalue weighted by atomic mass is 9.89. The van der Waals surface area contributed by atoms with E-state index < -0.39 is 11.9 Å². The minimum absolute atomic E-state index is 0. The van der Waals surface area contributed by atoms with Gasteiger partial charge in [-0.05, 0) is 24.9 Å². The molecular weight excluding hydrogens is 336 g/mol. The molecule has 7 nitrogen and oxygen atoms in total. The van der Waals surface area contributed by atoms with Crippen molar-refractivity contribution in [3.63, 3.8) is 0 Å². The molecule has 6 N–H and O–H groups in total. The SMILES string of the molecule is NCCC1Cc2ccccc2C(c2ccccc2)=N1.O.O=C(O)C(=O)O. The highest BCUT2D eigenvalue weighted by Gasteiger charge is 2.20. The van der Waals surface area contributed by atoms with Gasteiger partial charge in [0.25, 0.3) is 0 Å². The average Bonchev–Trinajstić information content (AvgIpc) is 2.62. The molecule has 0 fully saturated rings. The quantitative estimate of drug-likeness (QED) is 0.704. The van der Waals surface area contributed by atoms with Gasteiger partial charge in [-0.2, -0.15) is 0 Å². The van der Waals surface area contributed by atoms with Crippen molar-refractivity contribution < 1.29 is 25.3 Å². The van der Waals surface area contributed by atoms with Crippen molar-refractivity contribution in [3.05, 3.63) is 71.3 Å². The number of nitrogens with two attached hydrogens (primary N) is 1. The Morgan fingerprint density at radius 3 is 2.15 bits per heavy atom. The lowest BCUT2D eigenvalue weighted by Crippen LogP contribution is -2.24. The van der Waals surface area contributed by atoms with Crippen molar-refractivity contribution in [1.82, 2.24) is 0 Å². The van der Waals surface area contributed by atoms with Gasteiger partial charge in [-0.3, -0.25) is 4.99 Å². The topological polar surface area (TPSA) is 144 Å². The summed E-state index contributed by atoms with van der Waals surface area (Å²) >= 11 is 0. The monoisotopic (exact) mass is 358 g/mol. The lowest BCUT2D eigenvalue weighted by Gasteiger charge is -2.23. The molecule has 2 aromatic rings. The third-order valence-corrected chi connectivity index (χ3v) is 3.77. The standard InChI is InChI=1S/C17H18N2.C2H2O4.H2O/c18-11-10-15-12-14-8-4-5-9-16(14)17(19-15)13-6-2-1-3-7-13;3-1(4)2(5)6;/h1-9,15H,10-12,18H2;(H,3,4)(H,5,6);1H2. The Kier molecular flexibility index (Phi) is 8.14. The summed E-state index contributed by atoms with van der Waals surface area (Å²) in [7, 11) is 0. The van der Waals surface area contributed by atoms with Gasteiger partial charge in [-0.25, -0.2) is 9.59 Å². The molecule has 1 aliphatic rings. The molecule has 0 saturated heterocycles. The van der Waals surface area contributed by atoms with Crippen LogP contribution in [0.3, 0.4) is 0 Å². The summed E-state index contributed by atoms with van der Waals surface area (Å²) < 4.78 is 0. The fourth-order valence-corrected chi connectivity index (χ4v) is 2.67. The Morgan fingerprint density at radius 2 is 1.58 bits per heavy atom. The molecule has 1 aliphatic heterocycles. The van der Waals surface area contributed by atoms with Crippen molar-refractivity contribution in [3.8, 4) is 0 Å². The molecule has 0 radical (unpaired) electrons. The molecule has 0 amide bonds. The second-order valence-corrected chi connectivity index (χ2v) is 5.55. The van der Waals surface area contributed by atoms with Crippen LogP contribution in [-0.2, 0) is 16.0 Å². The highest BCUT2D eigenvalue weighted by molar-refractivity contribution is 6.27.